The Bertz CT molecular complexity index is 705. The lowest BCUT2D eigenvalue weighted by Gasteiger charge is -2.39. The molecule has 1 aromatic rings. The minimum Gasteiger partial charge on any atom is -0.343 e. The second-order valence-electron chi connectivity index (χ2n) is 9.29. The van der Waals surface area contributed by atoms with Gasteiger partial charge in [-0.1, -0.05) is 26.0 Å². The number of nitrogens with one attached hydrogen (secondary N) is 1. The zero-order chi connectivity index (χ0) is 22.2. The number of piperidine rings is 2. The summed E-state index contributed by atoms with van der Waals surface area (Å²) < 4.78 is 0. The number of rotatable bonds is 7. The van der Waals surface area contributed by atoms with Crippen molar-refractivity contribution in [1.82, 2.24) is 14.7 Å². The first-order chi connectivity index (χ1) is 15.0. The van der Waals surface area contributed by atoms with E-state index in [1.54, 1.807) is 6.92 Å². The predicted octanol–water partition coefficient (Wildman–Crippen LogP) is 4.22. The summed E-state index contributed by atoms with van der Waals surface area (Å²) in [5.74, 6) is 0.967. The number of benzene rings is 1. The molecule has 6 nitrogen and oxygen atoms in total. The molecule has 0 aliphatic carbocycles. The Balaban J connectivity index is 1.58. The van der Waals surface area contributed by atoms with Gasteiger partial charge in [0.15, 0.2) is 0 Å². The van der Waals surface area contributed by atoms with Crippen molar-refractivity contribution in [2.75, 3.05) is 44.6 Å². The van der Waals surface area contributed by atoms with E-state index in [0.29, 0.717) is 0 Å². The number of anilines is 1. The lowest BCUT2D eigenvalue weighted by atomic mass is 9.99. The van der Waals surface area contributed by atoms with Crippen LogP contribution in [0.25, 0.3) is 0 Å². The van der Waals surface area contributed by atoms with Gasteiger partial charge in [-0.3, -0.25) is 4.79 Å². The Morgan fingerprint density at radius 1 is 1.03 bits per heavy atom. The van der Waals surface area contributed by atoms with Crippen molar-refractivity contribution in [1.29, 1.82) is 0 Å². The van der Waals surface area contributed by atoms with Gasteiger partial charge in [-0.05, 0) is 81.8 Å². The van der Waals surface area contributed by atoms with E-state index >= 15 is 0 Å². The number of nitrogens with zero attached hydrogens (tertiary/aromatic N) is 3. The van der Waals surface area contributed by atoms with Crippen molar-refractivity contribution in [3.05, 3.63) is 29.8 Å². The van der Waals surface area contributed by atoms with Gasteiger partial charge in [0, 0.05) is 38.3 Å². The van der Waals surface area contributed by atoms with Crippen molar-refractivity contribution >= 4 is 17.6 Å². The summed E-state index contributed by atoms with van der Waals surface area (Å²) in [7, 11) is 0. The van der Waals surface area contributed by atoms with E-state index in [1.165, 1.54) is 31.5 Å². The average molecular weight is 429 g/mol. The van der Waals surface area contributed by atoms with Crippen LogP contribution in [-0.4, -0.2) is 71.9 Å². The fourth-order valence-electron chi connectivity index (χ4n) is 4.71. The summed E-state index contributed by atoms with van der Waals surface area (Å²) in [5.41, 5.74) is 2.11. The van der Waals surface area contributed by atoms with Crippen LogP contribution in [0, 0.1) is 5.92 Å². The van der Waals surface area contributed by atoms with E-state index in [9.17, 15) is 9.59 Å². The predicted molar refractivity (Wildman–Crippen MR) is 126 cm³/mol. The summed E-state index contributed by atoms with van der Waals surface area (Å²) in [4.78, 5) is 31.4. The quantitative estimate of drug-likeness (QED) is 0.708. The highest BCUT2D eigenvalue weighted by molar-refractivity contribution is 5.89. The van der Waals surface area contributed by atoms with Gasteiger partial charge in [-0.2, -0.15) is 0 Å². The second kappa shape index (κ2) is 11.5. The highest BCUT2D eigenvalue weighted by Crippen LogP contribution is 2.20. The Morgan fingerprint density at radius 2 is 1.68 bits per heavy atom. The molecule has 2 aliphatic rings. The van der Waals surface area contributed by atoms with E-state index in [2.05, 4.69) is 36.2 Å². The second-order valence-corrected chi connectivity index (χ2v) is 9.29. The Labute approximate surface area is 188 Å². The fraction of sp³-hybridized carbons (Fsp3) is 0.680. The highest BCUT2D eigenvalue weighted by Gasteiger charge is 2.29. The maximum atomic E-state index is 13.2. The molecule has 2 aliphatic heterocycles. The van der Waals surface area contributed by atoms with Crippen LogP contribution in [-0.2, 0) is 11.2 Å². The van der Waals surface area contributed by atoms with Crippen LogP contribution in [0.1, 0.15) is 58.4 Å². The van der Waals surface area contributed by atoms with Gasteiger partial charge in [0.05, 0.1) is 0 Å². The van der Waals surface area contributed by atoms with Crippen LogP contribution in [0.15, 0.2) is 24.3 Å². The van der Waals surface area contributed by atoms with Gasteiger partial charge < -0.3 is 20.0 Å². The summed E-state index contributed by atoms with van der Waals surface area (Å²) in [6, 6.07) is 8.29. The molecule has 0 aromatic heterocycles. The monoisotopic (exact) mass is 428 g/mol. The molecule has 1 aromatic carbocycles. The summed E-state index contributed by atoms with van der Waals surface area (Å²) in [6.07, 6.45) is 6.24. The number of carbonyl (C=O) groups excluding carboxylic acids is 2. The number of amides is 3. The van der Waals surface area contributed by atoms with Crippen molar-refractivity contribution in [3.8, 4) is 0 Å². The molecule has 172 valence electrons. The third-order valence-electron chi connectivity index (χ3n) is 6.97. The molecule has 0 spiro atoms. The van der Waals surface area contributed by atoms with E-state index in [4.69, 9.17) is 0 Å². The van der Waals surface area contributed by atoms with Crippen LogP contribution in [0.2, 0.25) is 0 Å². The molecule has 1 N–H and O–H groups in total. The Hall–Kier alpha value is -2.08. The van der Waals surface area contributed by atoms with Gasteiger partial charge in [0.2, 0.25) is 5.91 Å². The highest BCUT2D eigenvalue weighted by atomic mass is 16.2. The van der Waals surface area contributed by atoms with Crippen LogP contribution >= 0.6 is 0 Å². The first-order valence-electron chi connectivity index (χ1n) is 12.1. The minimum absolute atomic E-state index is 0.0159. The number of aryl methyl sites for hydroxylation is 1. The van der Waals surface area contributed by atoms with E-state index in [1.807, 2.05) is 21.9 Å². The third-order valence-corrected chi connectivity index (χ3v) is 6.97. The molecule has 2 heterocycles. The van der Waals surface area contributed by atoms with Gasteiger partial charge in [-0.15, -0.1) is 0 Å². The normalized spacial score (nSPS) is 18.7. The van der Waals surface area contributed by atoms with Gasteiger partial charge in [0.25, 0.3) is 0 Å². The van der Waals surface area contributed by atoms with Gasteiger partial charge in [-0.25, -0.2) is 4.79 Å². The molecule has 0 bridgehead atoms. The number of hydrogen-bond acceptors (Lipinski definition) is 3. The molecule has 0 unspecified atom stereocenters. The molecule has 6 heteroatoms. The van der Waals surface area contributed by atoms with E-state index in [-0.39, 0.29) is 18.0 Å². The first-order valence-corrected chi connectivity index (χ1v) is 12.1. The molecule has 0 radical (unpaired) electrons. The maximum absolute atomic E-state index is 13.2. The molecule has 0 atom stereocenters. The van der Waals surface area contributed by atoms with E-state index in [0.717, 1.165) is 63.5 Å². The number of hydrogen-bond donors (Lipinski definition) is 1. The third kappa shape index (κ3) is 6.96. The van der Waals surface area contributed by atoms with Gasteiger partial charge >= 0.3 is 6.03 Å². The zero-order valence-electron chi connectivity index (χ0n) is 19.6. The molecule has 31 heavy (non-hydrogen) atoms. The van der Waals surface area contributed by atoms with Gasteiger partial charge in [0.1, 0.15) is 0 Å². The smallest absolute Gasteiger partial charge is 0.322 e. The fourth-order valence-corrected chi connectivity index (χ4v) is 4.71. The van der Waals surface area contributed by atoms with Crippen LogP contribution < -0.4 is 5.32 Å². The number of urea groups is 1. The van der Waals surface area contributed by atoms with Crippen molar-refractivity contribution in [3.63, 3.8) is 0 Å². The SMILES string of the molecule is CCc1ccc(NC(=O)N(CCCN2CCC(C)CC2)C2CCN(C(C)=O)CC2)cc1. The maximum Gasteiger partial charge on any atom is 0.322 e. The zero-order valence-corrected chi connectivity index (χ0v) is 19.6. The summed E-state index contributed by atoms with van der Waals surface area (Å²) in [5, 5.41) is 3.11. The van der Waals surface area contributed by atoms with E-state index < -0.39 is 0 Å². The molecule has 3 amide bonds. The largest absolute Gasteiger partial charge is 0.343 e. The van der Waals surface area contributed by atoms with Crippen LogP contribution in [0.4, 0.5) is 10.5 Å². The molecule has 3 rings (SSSR count). The molecular weight excluding hydrogens is 388 g/mol. The lowest BCUT2D eigenvalue weighted by Crippen LogP contribution is -2.50. The average Bonchev–Trinajstić information content (AvgIpc) is 2.78. The van der Waals surface area contributed by atoms with Crippen LogP contribution in [0.5, 0.6) is 0 Å². The van der Waals surface area contributed by atoms with Crippen LogP contribution in [0.3, 0.4) is 0 Å². The Kier molecular flexibility index (Phi) is 8.76. The number of likely N-dealkylation sites (tertiary alicyclic amines) is 2. The summed E-state index contributed by atoms with van der Waals surface area (Å²) in [6.45, 7) is 11.7. The molecule has 2 fully saturated rings. The molecule has 0 saturated carbocycles. The minimum atomic E-state index is -0.0159. The number of carbonyl (C=O) groups is 2. The van der Waals surface area contributed by atoms with Crippen molar-refractivity contribution < 1.29 is 9.59 Å². The van der Waals surface area contributed by atoms with Crippen molar-refractivity contribution in [2.24, 2.45) is 5.92 Å². The Morgan fingerprint density at radius 3 is 2.26 bits per heavy atom. The summed E-state index contributed by atoms with van der Waals surface area (Å²) >= 11 is 0. The lowest BCUT2D eigenvalue weighted by molar-refractivity contribution is -0.130. The molecule has 2 saturated heterocycles. The standard InChI is InChI=1S/C25H40N4O2/c1-4-22-6-8-23(9-7-22)26-25(31)29(24-12-18-28(19-13-24)21(3)30)15-5-14-27-16-10-20(2)11-17-27/h6-9,20,24H,4-5,10-19H2,1-3H3,(H,26,31). The first kappa shape index (κ1) is 23.6. The van der Waals surface area contributed by atoms with Crippen molar-refractivity contribution in [2.45, 2.75) is 65.3 Å². The molecular formula is C25H40N4O2. The topological polar surface area (TPSA) is 55.9 Å².